The maximum atomic E-state index is 5.49. The molecule has 0 radical (unpaired) electrons. The zero-order valence-corrected chi connectivity index (χ0v) is 11.7. The van der Waals surface area contributed by atoms with E-state index in [1.165, 1.54) is 0 Å². The number of fused-ring (bicyclic) bond motifs is 1. The summed E-state index contributed by atoms with van der Waals surface area (Å²) in [5.74, 6) is 2.08. The van der Waals surface area contributed by atoms with Crippen molar-refractivity contribution in [3.8, 4) is 0 Å². The van der Waals surface area contributed by atoms with Crippen molar-refractivity contribution in [2.45, 2.75) is 20.3 Å². The van der Waals surface area contributed by atoms with Crippen molar-refractivity contribution >= 4 is 17.0 Å². The van der Waals surface area contributed by atoms with Crippen LogP contribution in [0.25, 0.3) is 11.2 Å². The van der Waals surface area contributed by atoms with Gasteiger partial charge in [0.25, 0.3) is 5.71 Å². The number of anilines is 1. The van der Waals surface area contributed by atoms with E-state index in [4.69, 9.17) is 4.42 Å². The first kappa shape index (κ1) is 12.6. The van der Waals surface area contributed by atoms with Gasteiger partial charge in [0.15, 0.2) is 17.2 Å². The number of nitrogens with zero attached hydrogens (tertiary/aromatic N) is 5. The quantitative estimate of drug-likeness (QED) is 0.777. The van der Waals surface area contributed by atoms with Gasteiger partial charge in [0.2, 0.25) is 0 Å². The van der Waals surface area contributed by atoms with Gasteiger partial charge < -0.3 is 9.32 Å². The van der Waals surface area contributed by atoms with Crippen LogP contribution in [0.15, 0.2) is 16.8 Å². The monoisotopic (exact) mass is 272 g/mol. The molecule has 0 spiro atoms. The van der Waals surface area contributed by atoms with Gasteiger partial charge in [-0.15, -0.1) is 0 Å². The first-order valence-electron chi connectivity index (χ1n) is 6.44. The van der Waals surface area contributed by atoms with Crippen molar-refractivity contribution in [3.63, 3.8) is 0 Å². The van der Waals surface area contributed by atoms with Crippen molar-refractivity contribution in [1.29, 1.82) is 0 Å². The molecular weight excluding hydrogens is 256 g/mol. The summed E-state index contributed by atoms with van der Waals surface area (Å²) in [7, 11) is 1.99. The summed E-state index contributed by atoms with van der Waals surface area (Å²) in [6, 6.07) is 0. The molecule has 0 saturated heterocycles. The number of hydrogen-bond acceptors (Lipinski definition) is 6. The second-order valence-corrected chi connectivity index (χ2v) is 4.76. The van der Waals surface area contributed by atoms with Crippen molar-refractivity contribution in [1.82, 2.24) is 25.1 Å². The van der Waals surface area contributed by atoms with E-state index in [0.717, 1.165) is 24.3 Å². The maximum Gasteiger partial charge on any atom is 0.252 e. The molecule has 0 aliphatic rings. The van der Waals surface area contributed by atoms with E-state index < -0.39 is 0 Å². The van der Waals surface area contributed by atoms with E-state index in [1.54, 1.807) is 0 Å². The highest BCUT2D eigenvalue weighted by Gasteiger charge is 2.15. The molecule has 0 aliphatic heterocycles. The van der Waals surface area contributed by atoms with Crippen LogP contribution < -0.4 is 4.90 Å². The molecule has 0 unspecified atom stereocenters. The van der Waals surface area contributed by atoms with Crippen molar-refractivity contribution < 1.29 is 4.42 Å². The molecule has 0 aromatic carbocycles. The minimum absolute atomic E-state index is 0.542. The summed E-state index contributed by atoms with van der Waals surface area (Å²) in [6.45, 7) is 4.48. The summed E-state index contributed by atoms with van der Waals surface area (Å²) in [4.78, 5) is 15.2. The average molecular weight is 272 g/mol. The molecule has 3 aromatic rings. The van der Waals surface area contributed by atoms with Gasteiger partial charge in [-0.05, 0) is 18.9 Å². The third kappa shape index (κ3) is 2.34. The fourth-order valence-electron chi connectivity index (χ4n) is 2.10. The molecule has 3 rings (SSSR count). The predicted octanol–water partition coefficient (Wildman–Crippen LogP) is 1.64. The molecule has 3 heterocycles. The largest absolute Gasteiger partial charge is 0.422 e. The Hall–Kier alpha value is -2.44. The van der Waals surface area contributed by atoms with Crippen LogP contribution in [0.2, 0.25) is 0 Å². The Labute approximate surface area is 116 Å². The third-order valence-corrected chi connectivity index (χ3v) is 3.11. The number of oxazole rings is 1. The Morgan fingerprint density at radius 2 is 2.10 bits per heavy atom. The Bertz CT molecular complexity index is 718. The topological polar surface area (TPSA) is 83.7 Å². The molecule has 7 nitrogen and oxygen atoms in total. The lowest BCUT2D eigenvalue weighted by Gasteiger charge is -2.17. The molecule has 7 heteroatoms. The Morgan fingerprint density at radius 1 is 1.25 bits per heavy atom. The highest BCUT2D eigenvalue weighted by atomic mass is 16.4. The number of rotatable bonds is 4. The lowest BCUT2D eigenvalue weighted by atomic mass is 10.2. The number of H-pyrrole nitrogens is 1. The summed E-state index contributed by atoms with van der Waals surface area (Å²) < 4.78 is 5.49. The summed E-state index contributed by atoms with van der Waals surface area (Å²) >= 11 is 0. The first-order valence-corrected chi connectivity index (χ1v) is 6.44. The van der Waals surface area contributed by atoms with Gasteiger partial charge in [-0.2, -0.15) is 10.1 Å². The Kier molecular flexibility index (Phi) is 3.09. The SMILES string of the molecule is Cc1nc(N(C)CCc2cn[nH]c2)c2nc(C)oc2n1. The van der Waals surface area contributed by atoms with E-state index in [2.05, 4.69) is 30.0 Å². The highest BCUT2D eigenvalue weighted by Crippen LogP contribution is 2.23. The molecular formula is C13H16N6O. The van der Waals surface area contributed by atoms with Gasteiger partial charge >= 0.3 is 0 Å². The molecule has 0 fully saturated rings. The first-order chi connectivity index (χ1) is 9.63. The lowest BCUT2D eigenvalue weighted by Crippen LogP contribution is -2.22. The van der Waals surface area contributed by atoms with Gasteiger partial charge in [0.05, 0.1) is 6.20 Å². The van der Waals surface area contributed by atoms with Crippen LogP contribution in [0.3, 0.4) is 0 Å². The lowest BCUT2D eigenvalue weighted by molar-refractivity contribution is 0.550. The van der Waals surface area contributed by atoms with Crippen LogP contribution in [0.5, 0.6) is 0 Å². The standard InChI is InChI=1S/C13H16N6O/c1-8-16-12(11-13(17-8)20-9(2)18-11)19(3)5-4-10-6-14-15-7-10/h6-7H,4-5H2,1-3H3,(H,14,15). The van der Waals surface area contributed by atoms with Crippen LogP contribution in [0.1, 0.15) is 17.3 Å². The van der Waals surface area contributed by atoms with E-state index in [1.807, 2.05) is 33.3 Å². The van der Waals surface area contributed by atoms with Crippen molar-refractivity contribution in [2.75, 3.05) is 18.5 Å². The van der Waals surface area contributed by atoms with E-state index in [-0.39, 0.29) is 0 Å². The molecule has 3 aromatic heterocycles. The molecule has 20 heavy (non-hydrogen) atoms. The number of aromatic nitrogens is 5. The number of aromatic amines is 1. The molecule has 0 atom stereocenters. The highest BCUT2D eigenvalue weighted by molar-refractivity contribution is 5.81. The van der Waals surface area contributed by atoms with Crippen LogP contribution in [0.4, 0.5) is 5.82 Å². The number of hydrogen-bond donors (Lipinski definition) is 1. The fourth-order valence-corrected chi connectivity index (χ4v) is 2.10. The Morgan fingerprint density at radius 3 is 2.85 bits per heavy atom. The number of aryl methyl sites for hydroxylation is 2. The second kappa shape index (κ2) is 4.92. The molecule has 0 aliphatic carbocycles. The van der Waals surface area contributed by atoms with Gasteiger partial charge in [0, 0.05) is 26.7 Å². The van der Waals surface area contributed by atoms with Crippen LogP contribution in [-0.4, -0.2) is 38.7 Å². The fraction of sp³-hybridized carbons (Fsp3) is 0.385. The van der Waals surface area contributed by atoms with Crippen LogP contribution in [-0.2, 0) is 6.42 Å². The van der Waals surface area contributed by atoms with E-state index in [9.17, 15) is 0 Å². The normalized spacial score (nSPS) is 11.2. The van der Waals surface area contributed by atoms with E-state index >= 15 is 0 Å². The molecule has 0 saturated carbocycles. The second-order valence-electron chi connectivity index (χ2n) is 4.76. The van der Waals surface area contributed by atoms with Gasteiger partial charge in [-0.1, -0.05) is 0 Å². The van der Waals surface area contributed by atoms with Crippen molar-refractivity contribution in [3.05, 3.63) is 29.7 Å². The van der Waals surface area contributed by atoms with Crippen LogP contribution >= 0.6 is 0 Å². The number of nitrogens with one attached hydrogen (secondary N) is 1. The summed E-state index contributed by atoms with van der Waals surface area (Å²) in [6.07, 6.45) is 4.61. The minimum Gasteiger partial charge on any atom is -0.422 e. The maximum absolute atomic E-state index is 5.49. The smallest absolute Gasteiger partial charge is 0.252 e. The molecule has 0 amide bonds. The van der Waals surface area contributed by atoms with Gasteiger partial charge in [-0.3, -0.25) is 5.10 Å². The van der Waals surface area contributed by atoms with Gasteiger partial charge in [-0.25, -0.2) is 9.97 Å². The van der Waals surface area contributed by atoms with Crippen molar-refractivity contribution in [2.24, 2.45) is 0 Å². The Balaban J connectivity index is 1.88. The molecule has 1 N–H and O–H groups in total. The van der Waals surface area contributed by atoms with Gasteiger partial charge in [0.1, 0.15) is 5.82 Å². The molecule has 104 valence electrons. The zero-order valence-electron chi connectivity index (χ0n) is 11.7. The zero-order chi connectivity index (χ0) is 14.1. The minimum atomic E-state index is 0.542. The number of likely N-dealkylation sites (N-methyl/N-ethyl adjacent to an activating group) is 1. The summed E-state index contributed by atoms with van der Waals surface area (Å²) in [5, 5.41) is 6.76. The predicted molar refractivity (Wildman–Crippen MR) is 74.6 cm³/mol. The molecule has 0 bridgehead atoms. The third-order valence-electron chi connectivity index (χ3n) is 3.11. The summed E-state index contributed by atoms with van der Waals surface area (Å²) in [5.41, 5.74) is 2.41. The average Bonchev–Trinajstić information content (AvgIpc) is 3.03. The van der Waals surface area contributed by atoms with E-state index in [0.29, 0.717) is 22.9 Å². The van der Waals surface area contributed by atoms with Crippen LogP contribution in [0, 0.1) is 13.8 Å².